The SMILES string of the molecule is Cc1[nH]c2ccccc2c1CC(O)C(=O)O. The second kappa shape index (κ2) is 3.98. The maximum absolute atomic E-state index is 10.6. The quantitative estimate of drug-likeness (QED) is 0.731. The molecule has 1 unspecified atom stereocenters. The van der Waals surface area contributed by atoms with E-state index in [0.717, 1.165) is 22.2 Å². The molecule has 0 saturated carbocycles. The van der Waals surface area contributed by atoms with Crippen molar-refractivity contribution in [2.24, 2.45) is 0 Å². The molecule has 1 aromatic heterocycles. The fraction of sp³-hybridized carbons (Fsp3) is 0.250. The zero-order valence-corrected chi connectivity index (χ0v) is 8.90. The van der Waals surface area contributed by atoms with E-state index < -0.39 is 12.1 Å². The lowest BCUT2D eigenvalue weighted by atomic mass is 10.0. The molecule has 16 heavy (non-hydrogen) atoms. The Morgan fingerprint density at radius 1 is 1.44 bits per heavy atom. The molecule has 2 rings (SSSR count). The smallest absolute Gasteiger partial charge is 0.332 e. The van der Waals surface area contributed by atoms with Gasteiger partial charge in [0.2, 0.25) is 0 Å². The Kier molecular flexibility index (Phi) is 2.66. The number of aromatic amines is 1. The number of aliphatic carboxylic acids is 1. The average molecular weight is 219 g/mol. The molecule has 2 aromatic rings. The predicted molar refractivity (Wildman–Crippen MR) is 60.4 cm³/mol. The topological polar surface area (TPSA) is 73.3 Å². The molecule has 3 N–H and O–H groups in total. The molecule has 0 saturated heterocycles. The van der Waals surface area contributed by atoms with Crippen LogP contribution in [0.3, 0.4) is 0 Å². The first-order valence-corrected chi connectivity index (χ1v) is 5.06. The lowest BCUT2D eigenvalue weighted by Crippen LogP contribution is -2.22. The fourth-order valence-electron chi connectivity index (χ4n) is 1.88. The Balaban J connectivity index is 2.43. The number of carboxylic acids is 1. The molecule has 1 heterocycles. The third-order valence-corrected chi connectivity index (χ3v) is 2.71. The van der Waals surface area contributed by atoms with Crippen LogP contribution in [0, 0.1) is 6.92 Å². The summed E-state index contributed by atoms with van der Waals surface area (Å²) in [6.07, 6.45) is -1.22. The molecule has 0 bridgehead atoms. The minimum absolute atomic E-state index is 0.130. The first-order valence-electron chi connectivity index (χ1n) is 5.06. The summed E-state index contributed by atoms with van der Waals surface area (Å²) in [5.41, 5.74) is 2.74. The van der Waals surface area contributed by atoms with E-state index in [1.165, 1.54) is 0 Å². The summed E-state index contributed by atoms with van der Waals surface area (Å²) >= 11 is 0. The Hall–Kier alpha value is -1.81. The number of aliphatic hydroxyl groups excluding tert-OH is 1. The third kappa shape index (κ3) is 1.79. The normalized spacial score (nSPS) is 12.9. The highest BCUT2D eigenvalue weighted by atomic mass is 16.4. The van der Waals surface area contributed by atoms with Gasteiger partial charge in [-0.3, -0.25) is 0 Å². The number of aryl methyl sites for hydroxylation is 1. The molecule has 4 nitrogen and oxygen atoms in total. The third-order valence-electron chi connectivity index (χ3n) is 2.71. The summed E-state index contributed by atoms with van der Waals surface area (Å²) in [7, 11) is 0. The minimum atomic E-state index is -1.35. The van der Waals surface area contributed by atoms with Crippen LogP contribution in [0.15, 0.2) is 24.3 Å². The van der Waals surface area contributed by atoms with Gasteiger partial charge < -0.3 is 15.2 Å². The van der Waals surface area contributed by atoms with E-state index in [9.17, 15) is 9.90 Å². The van der Waals surface area contributed by atoms with E-state index in [1.807, 2.05) is 31.2 Å². The van der Waals surface area contributed by atoms with Crippen molar-refractivity contribution in [1.29, 1.82) is 0 Å². The van der Waals surface area contributed by atoms with Gasteiger partial charge in [0.15, 0.2) is 6.10 Å². The Morgan fingerprint density at radius 3 is 2.81 bits per heavy atom. The molecule has 4 heteroatoms. The molecule has 1 atom stereocenters. The summed E-state index contributed by atoms with van der Waals surface area (Å²) < 4.78 is 0. The van der Waals surface area contributed by atoms with E-state index in [2.05, 4.69) is 4.98 Å². The first kappa shape index (κ1) is 10.7. The maximum Gasteiger partial charge on any atom is 0.332 e. The van der Waals surface area contributed by atoms with Crippen molar-refractivity contribution >= 4 is 16.9 Å². The number of hydrogen-bond acceptors (Lipinski definition) is 2. The molecule has 1 aromatic carbocycles. The molecule has 84 valence electrons. The zero-order valence-electron chi connectivity index (χ0n) is 8.90. The van der Waals surface area contributed by atoms with Gasteiger partial charge in [0.1, 0.15) is 0 Å². The molecule has 0 aliphatic carbocycles. The number of H-pyrrole nitrogens is 1. The predicted octanol–water partition coefficient (Wildman–Crippen LogP) is 1.46. The highest BCUT2D eigenvalue weighted by molar-refractivity contribution is 5.85. The fourth-order valence-corrected chi connectivity index (χ4v) is 1.88. The van der Waals surface area contributed by atoms with Gasteiger partial charge in [-0.05, 0) is 18.6 Å². The number of aliphatic hydroxyl groups is 1. The summed E-state index contributed by atoms with van der Waals surface area (Å²) in [6.45, 7) is 1.88. The van der Waals surface area contributed by atoms with Crippen LogP contribution in [-0.2, 0) is 11.2 Å². The summed E-state index contributed by atoms with van der Waals surface area (Å²) in [5, 5.41) is 19.0. The number of rotatable bonds is 3. The number of carboxylic acid groups (broad SMARTS) is 1. The highest BCUT2D eigenvalue weighted by Gasteiger charge is 2.17. The Bertz CT molecular complexity index is 530. The van der Waals surface area contributed by atoms with Gasteiger partial charge >= 0.3 is 5.97 Å². The van der Waals surface area contributed by atoms with Gasteiger partial charge in [-0.15, -0.1) is 0 Å². The molecule has 0 aliphatic heterocycles. The molecule has 0 amide bonds. The van der Waals surface area contributed by atoms with E-state index >= 15 is 0 Å². The van der Waals surface area contributed by atoms with Crippen molar-refractivity contribution < 1.29 is 15.0 Å². The number of fused-ring (bicyclic) bond motifs is 1. The number of carbonyl (C=O) groups is 1. The van der Waals surface area contributed by atoms with E-state index in [-0.39, 0.29) is 6.42 Å². The van der Waals surface area contributed by atoms with Crippen LogP contribution in [0.1, 0.15) is 11.3 Å². The van der Waals surface area contributed by atoms with Crippen molar-refractivity contribution in [2.75, 3.05) is 0 Å². The lowest BCUT2D eigenvalue weighted by molar-refractivity contribution is -0.146. The summed E-state index contributed by atoms with van der Waals surface area (Å²) in [5.74, 6) is -1.19. The molecular weight excluding hydrogens is 206 g/mol. The molecule has 0 spiro atoms. The van der Waals surface area contributed by atoms with Crippen LogP contribution in [0.4, 0.5) is 0 Å². The van der Waals surface area contributed by atoms with Crippen LogP contribution in [0.2, 0.25) is 0 Å². The van der Waals surface area contributed by atoms with Crippen molar-refractivity contribution in [3.63, 3.8) is 0 Å². The van der Waals surface area contributed by atoms with E-state index in [0.29, 0.717) is 0 Å². The monoisotopic (exact) mass is 219 g/mol. The highest BCUT2D eigenvalue weighted by Crippen LogP contribution is 2.23. The average Bonchev–Trinajstić information content (AvgIpc) is 2.55. The molecule has 0 radical (unpaired) electrons. The van der Waals surface area contributed by atoms with Crippen molar-refractivity contribution in [1.82, 2.24) is 4.98 Å². The Morgan fingerprint density at radius 2 is 2.12 bits per heavy atom. The van der Waals surface area contributed by atoms with Crippen molar-refractivity contribution in [3.8, 4) is 0 Å². The van der Waals surface area contributed by atoms with Gasteiger partial charge in [-0.1, -0.05) is 18.2 Å². The Labute approximate surface area is 92.5 Å². The summed E-state index contributed by atoms with van der Waals surface area (Å²) in [6, 6.07) is 7.66. The van der Waals surface area contributed by atoms with Gasteiger partial charge in [-0.25, -0.2) is 4.79 Å². The number of benzene rings is 1. The molecular formula is C12H13NO3. The number of nitrogens with one attached hydrogen (secondary N) is 1. The zero-order chi connectivity index (χ0) is 11.7. The molecule has 0 aliphatic rings. The number of hydrogen-bond donors (Lipinski definition) is 3. The summed E-state index contributed by atoms with van der Waals surface area (Å²) in [4.78, 5) is 13.8. The van der Waals surface area contributed by atoms with Gasteiger partial charge in [0.25, 0.3) is 0 Å². The van der Waals surface area contributed by atoms with E-state index in [1.54, 1.807) is 0 Å². The maximum atomic E-state index is 10.6. The first-order chi connectivity index (χ1) is 7.59. The number of para-hydroxylation sites is 1. The van der Waals surface area contributed by atoms with Crippen LogP contribution in [0.5, 0.6) is 0 Å². The van der Waals surface area contributed by atoms with Crippen molar-refractivity contribution in [2.45, 2.75) is 19.4 Å². The van der Waals surface area contributed by atoms with Crippen LogP contribution < -0.4 is 0 Å². The van der Waals surface area contributed by atoms with Gasteiger partial charge in [0.05, 0.1) is 0 Å². The second-order valence-electron chi connectivity index (χ2n) is 3.83. The van der Waals surface area contributed by atoms with Gasteiger partial charge in [0, 0.05) is 23.0 Å². The van der Waals surface area contributed by atoms with Crippen LogP contribution in [-0.4, -0.2) is 27.3 Å². The number of aromatic nitrogens is 1. The lowest BCUT2D eigenvalue weighted by Gasteiger charge is -2.05. The second-order valence-corrected chi connectivity index (χ2v) is 3.83. The van der Waals surface area contributed by atoms with Crippen molar-refractivity contribution in [3.05, 3.63) is 35.5 Å². The standard InChI is InChI=1S/C12H13NO3/c1-7-9(6-11(14)12(15)16)8-4-2-3-5-10(8)13-7/h2-5,11,13-14H,6H2,1H3,(H,15,16). The van der Waals surface area contributed by atoms with Crippen LogP contribution >= 0.6 is 0 Å². The van der Waals surface area contributed by atoms with E-state index in [4.69, 9.17) is 5.11 Å². The molecule has 0 fully saturated rings. The van der Waals surface area contributed by atoms with Gasteiger partial charge in [-0.2, -0.15) is 0 Å². The minimum Gasteiger partial charge on any atom is -0.479 e. The largest absolute Gasteiger partial charge is 0.479 e. The van der Waals surface area contributed by atoms with Crippen LogP contribution in [0.25, 0.3) is 10.9 Å².